The van der Waals surface area contributed by atoms with Crippen molar-refractivity contribution in [3.63, 3.8) is 0 Å². The Balaban J connectivity index is 1.53. The summed E-state index contributed by atoms with van der Waals surface area (Å²) < 4.78 is 25.5. The number of anilines is 1. The van der Waals surface area contributed by atoms with E-state index in [1.54, 1.807) is 45.0 Å². The number of hydrogen-bond acceptors (Lipinski definition) is 5. The van der Waals surface area contributed by atoms with E-state index in [9.17, 15) is 14.3 Å². The van der Waals surface area contributed by atoms with Gasteiger partial charge in [0.15, 0.2) is 5.82 Å². The molecular formula is C23H29FN2O4. The van der Waals surface area contributed by atoms with Crippen LogP contribution in [-0.2, 0) is 17.8 Å². The average molecular weight is 416 g/mol. The lowest BCUT2D eigenvalue weighted by Crippen LogP contribution is -2.27. The number of ether oxygens (including phenoxy) is 2. The van der Waals surface area contributed by atoms with Gasteiger partial charge in [-0.25, -0.2) is 9.18 Å². The van der Waals surface area contributed by atoms with Crippen LogP contribution in [0.3, 0.4) is 0 Å². The molecule has 0 atom stereocenters. The molecule has 30 heavy (non-hydrogen) atoms. The topological polar surface area (TPSA) is 79.8 Å². The van der Waals surface area contributed by atoms with Crippen molar-refractivity contribution < 1.29 is 23.8 Å². The van der Waals surface area contributed by atoms with Gasteiger partial charge in [0.25, 0.3) is 0 Å². The molecule has 1 aliphatic carbocycles. The first kappa shape index (κ1) is 21.9. The Kier molecular flexibility index (Phi) is 6.82. The Bertz CT molecular complexity index is 891. The van der Waals surface area contributed by atoms with Gasteiger partial charge in [-0.05, 0) is 51.7 Å². The number of rotatable bonds is 8. The molecular weight excluding hydrogens is 387 g/mol. The third-order valence-corrected chi connectivity index (χ3v) is 4.58. The number of amides is 1. The zero-order chi connectivity index (χ0) is 21.7. The Hall–Kier alpha value is -2.80. The summed E-state index contributed by atoms with van der Waals surface area (Å²) in [5.74, 6) is 0.902. The highest BCUT2D eigenvalue weighted by Crippen LogP contribution is 2.31. The summed E-state index contributed by atoms with van der Waals surface area (Å²) in [7, 11) is 0. The minimum atomic E-state index is -0.708. The lowest BCUT2D eigenvalue weighted by Gasteiger charge is -2.20. The molecule has 1 saturated carbocycles. The molecule has 0 saturated heterocycles. The third kappa shape index (κ3) is 6.62. The van der Waals surface area contributed by atoms with Crippen LogP contribution in [-0.4, -0.2) is 23.4 Å². The number of carbonyl (C=O) groups excluding carboxylic acids is 1. The van der Waals surface area contributed by atoms with Crippen molar-refractivity contribution in [1.82, 2.24) is 5.32 Å². The molecule has 0 radical (unpaired) electrons. The molecule has 162 valence electrons. The van der Waals surface area contributed by atoms with E-state index < -0.39 is 17.5 Å². The summed E-state index contributed by atoms with van der Waals surface area (Å²) in [4.78, 5) is 11.9. The molecule has 2 aromatic rings. The molecule has 1 aliphatic rings. The molecule has 6 nitrogen and oxygen atoms in total. The normalized spacial score (nSPS) is 13.7. The number of phenolic OH excluding ortho intramolecular Hbond substituents is 1. The van der Waals surface area contributed by atoms with Crippen LogP contribution < -0.4 is 15.4 Å². The fourth-order valence-electron chi connectivity index (χ4n) is 2.84. The zero-order valence-electron chi connectivity index (χ0n) is 17.6. The minimum Gasteiger partial charge on any atom is -0.507 e. The van der Waals surface area contributed by atoms with Gasteiger partial charge in [-0.1, -0.05) is 18.2 Å². The highest BCUT2D eigenvalue weighted by Gasteiger charge is 2.22. The second kappa shape index (κ2) is 9.34. The van der Waals surface area contributed by atoms with Crippen LogP contribution in [0.25, 0.3) is 0 Å². The number of nitrogens with one attached hydrogen (secondary N) is 2. The lowest BCUT2D eigenvalue weighted by atomic mass is 10.1. The second-order valence-electron chi connectivity index (χ2n) is 8.55. The van der Waals surface area contributed by atoms with Crippen LogP contribution >= 0.6 is 0 Å². The van der Waals surface area contributed by atoms with Crippen LogP contribution in [0.1, 0.15) is 44.7 Å². The van der Waals surface area contributed by atoms with Crippen molar-refractivity contribution in [2.45, 2.75) is 52.3 Å². The fourth-order valence-corrected chi connectivity index (χ4v) is 2.84. The Morgan fingerprint density at radius 1 is 1.17 bits per heavy atom. The van der Waals surface area contributed by atoms with Crippen molar-refractivity contribution in [1.29, 1.82) is 0 Å². The standard InChI is InChI=1S/C23H29FN2O4/c1-23(2,3)30-22(28)26-19-6-4-5-17(21(19)24)13-25-12-16-9-10-18(11-20(16)27)29-14-15-7-8-15/h4-6,9-11,15,25,27H,7-8,12-14H2,1-3H3,(H,26,28). The van der Waals surface area contributed by atoms with Gasteiger partial charge in [0.2, 0.25) is 0 Å². The molecule has 0 unspecified atom stereocenters. The Morgan fingerprint density at radius 2 is 1.90 bits per heavy atom. The molecule has 0 bridgehead atoms. The Labute approximate surface area is 176 Å². The van der Waals surface area contributed by atoms with Gasteiger partial charge < -0.3 is 19.9 Å². The largest absolute Gasteiger partial charge is 0.507 e. The smallest absolute Gasteiger partial charge is 0.412 e. The number of halogens is 1. The highest BCUT2D eigenvalue weighted by molar-refractivity contribution is 5.85. The molecule has 0 heterocycles. The summed E-state index contributed by atoms with van der Waals surface area (Å²) in [6.45, 7) is 6.50. The van der Waals surface area contributed by atoms with Crippen molar-refractivity contribution in [3.05, 3.63) is 53.3 Å². The van der Waals surface area contributed by atoms with Crippen LogP contribution in [0.15, 0.2) is 36.4 Å². The van der Waals surface area contributed by atoms with Gasteiger partial charge in [-0.3, -0.25) is 5.32 Å². The summed E-state index contributed by atoms with van der Waals surface area (Å²) in [5, 5.41) is 15.8. The minimum absolute atomic E-state index is 0.0589. The van der Waals surface area contributed by atoms with Gasteiger partial charge in [0.05, 0.1) is 12.3 Å². The van der Waals surface area contributed by atoms with Crippen LogP contribution in [0.4, 0.5) is 14.9 Å². The fraction of sp³-hybridized carbons (Fsp3) is 0.435. The maximum absolute atomic E-state index is 14.7. The van der Waals surface area contributed by atoms with E-state index in [1.165, 1.54) is 18.9 Å². The third-order valence-electron chi connectivity index (χ3n) is 4.58. The van der Waals surface area contributed by atoms with E-state index in [-0.39, 0.29) is 18.0 Å². The number of hydrogen-bond donors (Lipinski definition) is 3. The number of aromatic hydroxyl groups is 1. The molecule has 1 amide bonds. The first-order valence-electron chi connectivity index (χ1n) is 10.1. The van der Waals surface area contributed by atoms with Gasteiger partial charge in [0.1, 0.15) is 17.1 Å². The Morgan fingerprint density at radius 3 is 2.57 bits per heavy atom. The van der Waals surface area contributed by atoms with Crippen LogP contribution in [0.5, 0.6) is 11.5 Å². The molecule has 3 N–H and O–H groups in total. The van der Waals surface area contributed by atoms with Gasteiger partial charge in [-0.2, -0.15) is 0 Å². The SMILES string of the molecule is CC(C)(C)OC(=O)Nc1cccc(CNCc2ccc(OCC3CC3)cc2O)c1F. The van der Waals surface area contributed by atoms with Crippen molar-refractivity contribution >= 4 is 11.8 Å². The quantitative estimate of drug-likeness (QED) is 0.567. The summed E-state index contributed by atoms with van der Waals surface area (Å²) in [6, 6.07) is 10.0. The van der Waals surface area contributed by atoms with E-state index in [4.69, 9.17) is 9.47 Å². The first-order valence-corrected chi connectivity index (χ1v) is 10.1. The summed E-state index contributed by atoms with van der Waals surface area (Å²) in [6.07, 6.45) is 1.71. The van der Waals surface area contributed by atoms with Crippen LogP contribution in [0.2, 0.25) is 0 Å². The summed E-state index contributed by atoms with van der Waals surface area (Å²) >= 11 is 0. The average Bonchev–Trinajstić information content (AvgIpc) is 3.47. The zero-order valence-corrected chi connectivity index (χ0v) is 17.6. The lowest BCUT2D eigenvalue weighted by molar-refractivity contribution is 0.0635. The van der Waals surface area contributed by atoms with Crippen molar-refractivity contribution in [2.75, 3.05) is 11.9 Å². The number of benzene rings is 2. The second-order valence-corrected chi connectivity index (χ2v) is 8.55. The molecule has 7 heteroatoms. The highest BCUT2D eigenvalue weighted by atomic mass is 19.1. The van der Waals surface area contributed by atoms with E-state index in [1.807, 2.05) is 6.07 Å². The van der Waals surface area contributed by atoms with E-state index >= 15 is 0 Å². The van der Waals surface area contributed by atoms with E-state index in [0.29, 0.717) is 35.9 Å². The molecule has 2 aromatic carbocycles. The first-order chi connectivity index (χ1) is 14.2. The van der Waals surface area contributed by atoms with Gasteiger partial charge in [0, 0.05) is 30.3 Å². The maximum atomic E-state index is 14.7. The van der Waals surface area contributed by atoms with Crippen molar-refractivity contribution in [3.8, 4) is 11.5 Å². The number of carbonyl (C=O) groups is 1. The van der Waals surface area contributed by atoms with Gasteiger partial charge >= 0.3 is 6.09 Å². The van der Waals surface area contributed by atoms with Crippen molar-refractivity contribution in [2.24, 2.45) is 5.92 Å². The molecule has 0 spiro atoms. The molecule has 0 aromatic heterocycles. The number of phenols is 1. The summed E-state index contributed by atoms with van der Waals surface area (Å²) in [5.41, 5.74) is 0.480. The van der Waals surface area contributed by atoms with Crippen LogP contribution in [0, 0.1) is 11.7 Å². The van der Waals surface area contributed by atoms with E-state index in [0.717, 1.165) is 0 Å². The predicted octanol–water partition coefficient (Wildman–Crippen LogP) is 4.96. The maximum Gasteiger partial charge on any atom is 0.412 e. The molecule has 1 fully saturated rings. The van der Waals surface area contributed by atoms with Gasteiger partial charge in [-0.15, -0.1) is 0 Å². The molecule has 0 aliphatic heterocycles. The predicted molar refractivity (Wildman–Crippen MR) is 113 cm³/mol. The molecule has 3 rings (SSSR count). The van der Waals surface area contributed by atoms with E-state index in [2.05, 4.69) is 10.6 Å². The monoisotopic (exact) mass is 416 g/mol.